The lowest BCUT2D eigenvalue weighted by atomic mass is 9.95. The Bertz CT molecular complexity index is 647. The average Bonchev–Trinajstić information content (AvgIpc) is 2.51. The third kappa shape index (κ3) is 6.40. The van der Waals surface area contributed by atoms with Crippen molar-refractivity contribution in [1.29, 1.82) is 0 Å². The van der Waals surface area contributed by atoms with Gasteiger partial charge in [0, 0.05) is 12.1 Å². The van der Waals surface area contributed by atoms with Gasteiger partial charge in [-0.25, -0.2) is 0 Å². The quantitative estimate of drug-likeness (QED) is 0.670. The van der Waals surface area contributed by atoms with Crippen molar-refractivity contribution in [3.63, 3.8) is 0 Å². The van der Waals surface area contributed by atoms with E-state index in [-0.39, 0.29) is 17.8 Å². The van der Waals surface area contributed by atoms with Gasteiger partial charge in [0.25, 0.3) is 0 Å². The molecule has 0 radical (unpaired) electrons. The molecule has 2 aromatic rings. The van der Waals surface area contributed by atoms with Crippen molar-refractivity contribution in [2.24, 2.45) is 11.5 Å². The minimum atomic E-state index is -0.164. The van der Waals surface area contributed by atoms with Crippen molar-refractivity contribution in [3.05, 3.63) is 59.2 Å². The Labute approximate surface area is 150 Å². The molecule has 0 amide bonds. The maximum absolute atomic E-state index is 9.53. The van der Waals surface area contributed by atoms with Crippen LogP contribution in [0.1, 0.15) is 42.4 Å². The Kier molecular flexibility index (Phi) is 7.29. The lowest BCUT2D eigenvalue weighted by molar-refractivity contribution is 0.470. The fraction of sp³-hybridized carbons (Fsp3) is 0.429. The molecule has 2 atom stereocenters. The number of phenolic OH excluding ortho intramolecular Hbond substituents is 2. The summed E-state index contributed by atoms with van der Waals surface area (Å²) >= 11 is 0. The molecule has 0 heterocycles. The van der Waals surface area contributed by atoms with Gasteiger partial charge in [0.05, 0.1) is 0 Å². The maximum atomic E-state index is 9.53. The molecule has 1 saturated carbocycles. The van der Waals surface area contributed by atoms with Gasteiger partial charge >= 0.3 is 0 Å². The Hall–Kier alpha value is -2.04. The summed E-state index contributed by atoms with van der Waals surface area (Å²) in [5.41, 5.74) is 15.3. The first-order chi connectivity index (χ1) is 12.0. The second kappa shape index (κ2) is 9.44. The van der Waals surface area contributed by atoms with E-state index in [1.54, 1.807) is 18.2 Å². The first kappa shape index (κ1) is 19.3. The first-order valence-corrected chi connectivity index (χ1v) is 9.03. The normalized spacial score (nSPS) is 15.5. The van der Waals surface area contributed by atoms with Gasteiger partial charge in [0.2, 0.25) is 0 Å². The molecule has 0 spiro atoms. The number of benzene rings is 2. The zero-order valence-corrected chi connectivity index (χ0v) is 15.0. The van der Waals surface area contributed by atoms with Crippen LogP contribution in [0.3, 0.4) is 0 Å². The minimum absolute atomic E-state index is 0.163. The summed E-state index contributed by atoms with van der Waals surface area (Å²) in [5, 5.41) is 18.8. The van der Waals surface area contributed by atoms with Crippen molar-refractivity contribution in [2.45, 2.75) is 57.5 Å². The molecule has 0 bridgehead atoms. The molecule has 1 aliphatic rings. The summed E-state index contributed by atoms with van der Waals surface area (Å²) in [6, 6.07) is 12.2. The number of hydrogen-bond acceptors (Lipinski definition) is 4. The van der Waals surface area contributed by atoms with Gasteiger partial charge in [-0.05, 0) is 54.7 Å². The topological polar surface area (TPSA) is 92.5 Å². The summed E-state index contributed by atoms with van der Waals surface area (Å²) in [7, 11) is 0. The third-order valence-corrected chi connectivity index (χ3v) is 4.69. The van der Waals surface area contributed by atoms with Crippen LogP contribution in [-0.4, -0.2) is 22.3 Å². The highest BCUT2D eigenvalue weighted by atomic mass is 16.3. The largest absolute Gasteiger partial charge is 0.508 e. The summed E-state index contributed by atoms with van der Waals surface area (Å²) in [4.78, 5) is 0. The Morgan fingerprint density at radius 3 is 1.76 bits per heavy atom. The van der Waals surface area contributed by atoms with Crippen molar-refractivity contribution in [2.75, 3.05) is 0 Å². The standard InChI is InChI=1S/C17H22N2O2.C4H8/c1-11-8-13(4-7-17(11)21)10-16(19)15(18)9-12-2-5-14(20)6-3-12;1-2-4-3-1/h2-8,15-16,20-21H,9-10,18-19H2,1H3;1-4H2. The number of rotatable bonds is 5. The molecule has 25 heavy (non-hydrogen) atoms. The van der Waals surface area contributed by atoms with Crippen LogP contribution >= 0.6 is 0 Å². The van der Waals surface area contributed by atoms with Crippen LogP contribution in [0.4, 0.5) is 0 Å². The van der Waals surface area contributed by atoms with Gasteiger partial charge in [-0.3, -0.25) is 0 Å². The molecule has 2 unspecified atom stereocenters. The molecule has 136 valence electrons. The van der Waals surface area contributed by atoms with Crippen molar-refractivity contribution < 1.29 is 10.2 Å². The zero-order chi connectivity index (χ0) is 18.2. The molecular weight excluding hydrogens is 312 g/mol. The number of nitrogens with two attached hydrogens (primary N) is 2. The highest BCUT2D eigenvalue weighted by Gasteiger charge is 2.15. The molecule has 1 fully saturated rings. The summed E-state index contributed by atoms with van der Waals surface area (Å²) < 4.78 is 0. The lowest BCUT2D eigenvalue weighted by Gasteiger charge is -2.20. The van der Waals surface area contributed by atoms with Crippen LogP contribution in [-0.2, 0) is 12.8 Å². The zero-order valence-electron chi connectivity index (χ0n) is 15.0. The van der Waals surface area contributed by atoms with E-state index in [0.29, 0.717) is 18.6 Å². The monoisotopic (exact) mass is 342 g/mol. The molecule has 1 aliphatic carbocycles. The maximum Gasteiger partial charge on any atom is 0.118 e. The molecule has 3 rings (SSSR count). The predicted octanol–water partition coefficient (Wildman–Crippen LogP) is 3.41. The number of phenols is 2. The van der Waals surface area contributed by atoms with E-state index < -0.39 is 0 Å². The van der Waals surface area contributed by atoms with E-state index in [0.717, 1.165) is 16.7 Å². The summed E-state index contributed by atoms with van der Waals surface area (Å²) in [6.07, 6.45) is 7.33. The molecule has 2 aromatic carbocycles. The molecule has 6 N–H and O–H groups in total. The van der Waals surface area contributed by atoms with Crippen molar-refractivity contribution >= 4 is 0 Å². The molecule has 0 aromatic heterocycles. The smallest absolute Gasteiger partial charge is 0.118 e. The van der Waals surface area contributed by atoms with Gasteiger partial charge in [-0.2, -0.15) is 0 Å². The van der Waals surface area contributed by atoms with Crippen LogP contribution in [0.2, 0.25) is 0 Å². The number of aromatic hydroxyl groups is 2. The van der Waals surface area contributed by atoms with Crippen LogP contribution in [0, 0.1) is 6.92 Å². The van der Waals surface area contributed by atoms with E-state index in [2.05, 4.69) is 0 Å². The van der Waals surface area contributed by atoms with E-state index in [1.165, 1.54) is 25.7 Å². The molecule has 4 nitrogen and oxygen atoms in total. The van der Waals surface area contributed by atoms with Gasteiger partial charge < -0.3 is 21.7 Å². The second-order valence-electron chi connectivity index (χ2n) is 6.94. The summed E-state index contributed by atoms with van der Waals surface area (Å²) in [6.45, 7) is 1.86. The Morgan fingerprint density at radius 2 is 1.28 bits per heavy atom. The second-order valence-corrected chi connectivity index (χ2v) is 6.94. The summed E-state index contributed by atoms with van der Waals surface area (Å²) in [5.74, 6) is 0.539. The van der Waals surface area contributed by atoms with Crippen molar-refractivity contribution in [1.82, 2.24) is 0 Å². The number of hydrogen-bond donors (Lipinski definition) is 4. The minimum Gasteiger partial charge on any atom is -0.508 e. The van der Waals surface area contributed by atoms with Gasteiger partial charge in [0.15, 0.2) is 0 Å². The third-order valence-electron chi connectivity index (χ3n) is 4.69. The highest BCUT2D eigenvalue weighted by Crippen LogP contribution is 2.18. The molecular formula is C21H30N2O2. The molecule has 0 aliphatic heterocycles. The van der Waals surface area contributed by atoms with E-state index in [9.17, 15) is 10.2 Å². The fourth-order valence-corrected chi connectivity index (χ4v) is 2.57. The van der Waals surface area contributed by atoms with Crippen LogP contribution in [0.5, 0.6) is 11.5 Å². The van der Waals surface area contributed by atoms with Crippen LogP contribution < -0.4 is 11.5 Å². The Morgan fingerprint density at radius 1 is 0.800 bits per heavy atom. The fourth-order valence-electron chi connectivity index (χ4n) is 2.57. The average molecular weight is 342 g/mol. The van der Waals surface area contributed by atoms with E-state index in [4.69, 9.17) is 11.5 Å². The predicted molar refractivity (Wildman–Crippen MR) is 103 cm³/mol. The SMILES string of the molecule is C1CCC1.Cc1cc(CC(N)C(N)Cc2ccc(O)cc2)ccc1O. The van der Waals surface area contributed by atoms with E-state index in [1.807, 2.05) is 31.2 Å². The first-order valence-electron chi connectivity index (χ1n) is 9.03. The Balaban J connectivity index is 0.000000493. The molecule has 0 saturated heterocycles. The van der Waals surface area contributed by atoms with E-state index >= 15 is 0 Å². The molecule has 4 heteroatoms. The van der Waals surface area contributed by atoms with Gasteiger partial charge in [-0.15, -0.1) is 0 Å². The van der Waals surface area contributed by atoms with Gasteiger partial charge in [-0.1, -0.05) is 49.9 Å². The lowest BCUT2D eigenvalue weighted by Crippen LogP contribution is -2.44. The highest BCUT2D eigenvalue weighted by molar-refractivity contribution is 5.35. The number of aryl methyl sites for hydroxylation is 1. The van der Waals surface area contributed by atoms with Crippen LogP contribution in [0.15, 0.2) is 42.5 Å². The van der Waals surface area contributed by atoms with Crippen LogP contribution in [0.25, 0.3) is 0 Å². The van der Waals surface area contributed by atoms with Gasteiger partial charge in [0.1, 0.15) is 11.5 Å². The van der Waals surface area contributed by atoms with Crippen molar-refractivity contribution in [3.8, 4) is 11.5 Å².